The van der Waals surface area contributed by atoms with Gasteiger partial charge in [0.25, 0.3) is 5.91 Å². The molecule has 0 aliphatic carbocycles. The van der Waals surface area contributed by atoms with Crippen LogP contribution < -0.4 is 5.48 Å². The highest BCUT2D eigenvalue weighted by Gasteiger charge is 2.11. The van der Waals surface area contributed by atoms with Crippen molar-refractivity contribution in [1.82, 2.24) is 0 Å². The Morgan fingerprint density at radius 1 is 0.931 bits per heavy atom. The molecule has 0 heterocycles. The smallest absolute Gasteiger partial charge is 0.363 e. The zero-order chi connectivity index (χ0) is 20.8. The summed E-state index contributed by atoms with van der Waals surface area (Å²) in [5.74, 6) is -1.78. The van der Waals surface area contributed by atoms with Crippen LogP contribution in [0.25, 0.3) is 0 Å². The molecule has 9 heteroatoms. The molecule has 3 N–H and O–H groups in total. The van der Waals surface area contributed by atoms with Crippen LogP contribution in [0.4, 0.5) is 11.4 Å². The standard InChI is InChI=1S/C20H14BrN3O5/c21-18-4-2-1-3-17(18)20(28)29-24-14-7-5-13(6-8-14)22-23-19(27)12-9-15(25)11-16(26)10-12/h1-11,24-26H. The topological polar surface area (TPSA) is 121 Å². The van der Waals surface area contributed by atoms with E-state index >= 15 is 0 Å². The normalized spacial score (nSPS) is 10.7. The first-order valence-corrected chi connectivity index (χ1v) is 9.02. The molecule has 3 rings (SSSR count). The fraction of sp³-hybridized carbons (Fsp3) is 0. The van der Waals surface area contributed by atoms with Crippen molar-refractivity contribution in [3.8, 4) is 11.5 Å². The van der Waals surface area contributed by atoms with Gasteiger partial charge in [0.05, 0.1) is 22.5 Å². The maximum absolute atomic E-state index is 12.0. The molecule has 3 aromatic carbocycles. The number of phenols is 2. The van der Waals surface area contributed by atoms with E-state index in [4.69, 9.17) is 4.84 Å². The van der Waals surface area contributed by atoms with Gasteiger partial charge in [-0.25, -0.2) is 10.3 Å². The summed E-state index contributed by atoms with van der Waals surface area (Å²) in [4.78, 5) is 29.1. The molecule has 1 amide bonds. The monoisotopic (exact) mass is 455 g/mol. The lowest BCUT2D eigenvalue weighted by atomic mass is 10.2. The van der Waals surface area contributed by atoms with Crippen LogP contribution in [0.15, 0.2) is 81.4 Å². The van der Waals surface area contributed by atoms with Crippen LogP contribution in [0.3, 0.4) is 0 Å². The number of benzene rings is 3. The van der Waals surface area contributed by atoms with Gasteiger partial charge < -0.3 is 15.1 Å². The lowest BCUT2D eigenvalue weighted by molar-refractivity contribution is 0.0595. The van der Waals surface area contributed by atoms with E-state index in [9.17, 15) is 19.8 Å². The molecule has 0 atom stereocenters. The van der Waals surface area contributed by atoms with Gasteiger partial charge >= 0.3 is 5.97 Å². The fourth-order valence-corrected chi connectivity index (χ4v) is 2.71. The maximum atomic E-state index is 12.0. The SMILES string of the molecule is O=C(N=Nc1ccc(NOC(=O)c2ccccc2Br)cc1)c1cc(O)cc(O)c1. The molecule has 29 heavy (non-hydrogen) atoms. The summed E-state index contributed by atoms with van der Waals surface area (Å²) >= 11 is 3.28. The van der Waals surface area contributed by atoms with Gasteiger partial charge in [-0.15, -0.1) is 10.2 Å². The molecule has 3 aromatic rings. The number of carbonyl (C=O) groups excluding carboxylic acids is 2. The highest BCUT2D eigenvalue weighted by molar-refractivity contribution is 9.10. The molecule has 0 aliphatic heterocycles. The van der Waals surface area contributed by atoms with Crippen LogP contribution in [0.2, 0.25) is 0 Å². The molecule has 0 spiro atoms. The van der Waals surface area contributed by atoms with Crippen molar-refractivity contribution in [3.63, 3.8) is 0 Å². The molecule has 146 valence electrons. The summed E-state index contributed by atoms with van der Waals surface area (Å²) in [6.45, 7) is 0. The van der Waals surface area contributed by atoms with Crippen molar-refractivity contribution in [2.75, 3.05) is 5.48 Å². The third-order valence-corrected chi connectivity index (χ3v) is 4.32. The van der Waals surface area contributed by atoms with Gasteiger partial charge in [-0.3, -0.25) is 4.79 Å². The Kier molecular flexibility index (Phi) is 6.20. The van der Waals surface area contributed by atoms with E-state index in [1.807, 2.05) is 0 Å². The van der Waals surface area contributed by atoms with Crippen molar-refractivity contribution in [2.24, 2.45) is 10.2 Å². The molecule has 0 unspecified atom stereocenters. The van der Waals surface area contributed by atoms with Crippen LogP contribution in [0.1, 0.15) is 20.7 Å². The molecule has 8 nitrogen and oxygen atoms in total. The molecule has 0 aromatic heterocycles. The summed E-state index contributed by atoms with van der Waals surface area (Å²) in [6.07, 6.45) is 0. The van der Waals surface area contributed by atoms with E-state index in [1.54, 1.807) is 48.5 Å². The number of nitrogens with one attached hydrogen (secondary N) is 1. The van der Waals surface area contributed by atoms with E-state index in [0.717, 1.165) is 6.07 Å². The molecule has 0 bridgehead atoms. The van der Waals surface area contributed by atoms with E-state index < -0.39 is 11.9 Å². The van der Waals surface area contributed by atoms with Crippen molar-refractivity contribution in [3.05, 3.63) is 82.3 Å². The zero-order valence-corrected chi connectivity index (χ0v) is 16.3. The van der Waals surface area contributed by atoms with Gasteiger partial charge in [0.1, 0.15) is 11.5 Å². The van der Waals surface area contributed by atoms with Gasteiger partial charge in [0, 0.05) is 10.5 Å². The van der Waals surface area contributed by atoms with Crippen LogP contribution in [-0.2, 0) is 4.84 Å². The van der Waals surface area contributed by atoms with Gasteiger partial charge in [0.2, 0.25) is 0 Å². The fourth-order valence-electron chi connectivity index (χ4n) is 2.26. The van der Waals surface area contributed by atoms with Crippen molar-refractivity contribution in [2.45, 2.75) is 0 Å². The first kappa shape index (κ1) is 20.0. The van der Waals surface area contributed by atoms with Crippen molar-refractivity contribution < 1.29 is 24.6 Å². The second-order valence-corrected chi connectivity index (χ2v) is 6.62. The number of hydrogen-bond acceptors (Lipinski definition) is 7. The van der Waals surface area contributed by atoms with Crippen LogP contribution in [-0.4, -0.2) is 22.1 Å². The molecule has 0 aliphatic rings. The molecule has 0 radical (unpaired) electrons. The minimum absolute atomic E-state index is 0.00326. The van der Waals surface area contributed by atoms with E-state index in [0.29, 0.717) is 21.4 Å². The van der Waals surface area contributed by atoms with Crippen molar-refractivity contribution in [1.29, 1.82) is 0 Å². The van der Waals surface area contributed by atoms with Gasteiger partial charge in [-0.2, -0.15) is 0 Å². The summed E-state index contributed by atoms with van der Waals surface area (Å²) in [7, 11) is 0. The third-order valence-electron chi connectivity index (χ3n) is 3.63. The van der Waals surface area contributed by atoms with E-state index in [-0.39, 0.29) is 17.1 Å². The van der Waals surface area contributed by atoms with Gasteiger partial charge in [-0.1, -0.05) is 12.1 Å². The Labute approximate surface area is 173 Å². The Bertz CT molecular complexity index is 1060. The van der Waals surface area contributed by atoms with Crippen LogP contribution >= 0.6 is 15.9 Å². The predicted molar refractivity (Wildman–Crippen MR) is 108 cm³/mol. The van der Waals surface area contributed by atoms with Crippen molar-refractivity contribution >= 4 is 39.2 Å². The highest BCUT2D eigenvalue weighted by atomic mass is 79.9. The summed E-state index contributed by atoms with van der Waals surface area (Å²) < 4.78 is 0.618. The van der Waals surface area contributed by atoms with Gasteiger partial charge in [0.15, 0.2) is 0 Å². The number of rotatable bonds is 5. The summed E-state index contributed by atoms with van der Waals surface area (Å²) in [6, 6.07) is 16.6. The first-order chi connectivity index (χ1) is 13.9. The third kappa shape index (κ3) is 5.39. The molecule has 0 saturated heterocycles. The number of azo groups is 1. The Morgan fingerprint density at radius 2 is 1.59 bits per heavy atom. The number of amides is 1. The molecule has 0 saturated carbocycles. The number of hydrogen-bond donors (Lipinski definition) is 3. The Morgan fingerprint density at radius 3 is 2.24 bits per heavy atom. The highest BCUT2D eigenvalue weighted by Crippen LogP contribution is 2.22. The molecule has 0 fully saturated rings. The number of halogens is 1. The summed E-state index contributed by atoms with van der Waals surface area (Å²) in [5.41, 5.74) is 3.79. The lowest BCUT2D eigenvalue weighted by Crippen LogP contribution is -2.11. The number of phenolic OH excluding ortho intramolecular Hbond substituents is 2. The van der Waals surface area contributed by atoms with Crippen LogP contribution in [0, 0.1) is 0 Å². The minimum atomic E-state index is -0.722. The van der Waals surface area contributed by atoms with Crippen LogP contribution in [0.5, 0.6) is 11.5 Å². The average molecular weight is 456 g/mol. The molecular formula is C20H14BrN3O5. The Hall–Kier alpha value is -3.72. The first-order valence-electron chi connectivity index (χ1n) is 8.23. The Balaban J connectivity index is 1.60. The second-order valence-electron chi connectivity index (χ2n) is 5.76. The largest absolute Gasteiger partial charge is 0.508 e. The summed E-state index contributed by atoms with van der Waals surface area (Å²) in [5, 5.41) is 26.2. The van der Waals surface area contributed by atoms with E-state index in [2.05, 4.69) is 31.6 Å². The lowest BCUT2D eigenvalue weighted by Gasteiger charge is -2.07. The van der Waals surface area contributed by atoms with Gasteiger partial charge in [-0.05, 0) is 64.5 Å². The second kappa shape index (κ2) is 8.98. The van der Waals surface area contributed by atoms with E-state index in [1.165, 1.54) is 12.1 Å². The zero-order valence-electron chi connectivity index (χ0n) is 14.7. The number of anilines is 1. The number of carbonyl (C=O) groups is 2. The minimum Gasteiger partial charge on any atom is -0.508 e. The average Bonchev–Trinajstić information content (AvgIpc) is 2.70. The number of nitrogens with zero attached hydrogens (tertiary/aromatic N) is 2. The number of aromatic hydroxyl groups is 2. The molecular weight excluding hydrogens is 442 g/mol. The maximum Gasteiger partial charge on any atom is 0.363 e. The predicted octanol–water partition coefficient (Wildman–Crippen LogP) is 4.97. The quantitative estimate of drug-likeness (QED) is 0.368.